The number of para-hydroxylation sites is 2. The number of halogens is 2. The van der Waals surface area contributed by atoms with Crippen LogP contribution in [-0.4, -0.2) is 35.4 Å². The van der Waals surface area contributed by atoms with E-state index in [0.717, 1.165) is 22.6 Å². The van der Waals surface area contributed by atoms with Crippen LogP contribution in [0.1, 0.15) is 33.7 Å². The van der Waals surface area contributed by atoms with Crippen molar-refractivity contribution in [3.8, 4) is 11.4 Å². The summed E-state index contributed by atoms with van der Waals surface area (Å²) in [5.41, 5.74) is 3.90. The number of carbonyl (C=O) groups is 2. The maximum atomic E-state index is 12.6. The van der Waals surface area contributed by atoms with E-state index in [9.17, 15) is 18.4 Å². The van der Waals surface area contributed by atoms with Crippen LogP contribution in [0.25, 0.3) is 5.69 Å². The smallest absolute Gasteiger partial charge is 0.387 e. The van der Waals surface area contributed by atoms with E-state index in [-0.39, 0.29) is 23.8 Å². The van der Waals surface area contributed by atoms with Crippen molar-refractivity contribution >= 4 is 17.6 Å². The maximum absolute atomic E-state index is 12.6. The molecule has 7 nitrogen and oxygen atoms in total. The molecule has 2 aromatic carbocycles. The van der Waals surface area contributed by atoms with E-state index in [0.29, 0.717) is 12.0 Å². The Bertz CT molecular complexity index is 1110. The number of rotatable bonds is 8. The summed E-state index contributed by atoms with van der Waals surface area (Å²) >= 11 is 0. The number of aryl methyl sites for hydroxylation is 1. The fraction of sp³-hybridized carbons (Fsp3) is 0.261. The number of hydrogen-bond donors (Lipinski definition) is 1. The standard InChI is InChI=1S/C23H23F2N3O4/c1-14-18(12-13-21(29)31-3)15(2)28(27-14)17-10-8-16(9-11-17)22(30)26-19-6-4-5-7-20(19)32-23(24)25/h4-11,23H,12-13H2,1-3H3,(H,26,30). The molecule has 1 heterocycles. The first-order valence-electron chi connectivity index (χ1n) is 9.87. The molecule has 1 aromatic heterocycles. The Morgan fingerprint density at radius 3 is 2.44 bits per heavy atom. The van der Waals surface area contributed by atoms with E-state index >= 15 is 0 Å². The SMILES string of the molecule is COC(=O)CCc1c(C)nn(-c2ccc(C(=O)Nc3ccccc3OC(F)F)cc2)c1C. The first-order chi connectivity index (χ1) is 15.3. The van der Waals surface area contributed by atoms with Crippen LogP contribution in [0, 0.1) is 13.8 Å². The Morgan fingerprint density at radius 2 is 1.78 bits per heavy atom. The van der Waals surface area contributed by atoms with Gasteiger partial charge in [-0.15, -0.1) is 0 Å². The number of alkyl halides is 2. The fourth-order valence-corrected chi connectivity index (χ4v) is 3.33. The molecule has 0 aliphatic heterocycles. The zero-order valence-corrected chi connectivity index (χ0v) is 17.9. The first-order valence-corrected chi connectivity index (χ1v) is 9.87. The van der Waals surface area contributed by atoms with Crippen molar-refractivity contribution in [2.75, 3.05) is 12.4 Å². The van der Waals surface area contributed by atoms with Crippen LogP contribution in [0.4, 0.5) is 14.5 Å². The van der Waals surface area contributed by atoms with Gasteiger partial charge in [-0.2, -0.15) is 13.9 Å². The van der Waals surface area contributed by atoms with Gasteiger partial charge in [-0.25, -0.2) is 4.68 Å². The Labute approximate surface area is 184 Å². The number of ether oxygens (including phenoxy) is 2. The van der Waals surface area contributed by atoms with E-state index in [1.54, 1.807) is 35.0 Å². The number of carbonyl (C=O) groups excluding carboxylic acids is 2. The van der Waals surface area contributed by atoms with E-state index in [4.69, 9.17) is 4.74 Å². The van der Waals surface area contributed by atoms with E-state index in [2.05, 4.69) is 15.2 Å². The molecule has 1 N–H and O–H groups in total. The summed E-state index contributed by atoms with van der Waals surface area (Å²) in [5.74, 6) is -0.865. The molecule has 168 valence electrons. The lowest BCUT2D eigenvalue weighted by molar-refractivity contribution is -0.140. The average Bonchev–Trinajstić information content (AvgIpc) is 3.06. The van der Waals surface area contributed by atoms with Crippen LogP contribution in [0.15, 0.2) is 48.5 Å². The number of nitrogens with one attached hydrogen (secondary N) is 1. The predicted molar refractivity (Wildman–Crippen MR) is 114 cm³/mol. The number of hydrogen-bond acceptors (Lipinski definition) is 5. The molecule has 0 aliphatic rings. The van der Waals surface area contributed by atoms with Crippen molar-refractivity contribution in [2.24, 2.45) is 0 Å². The molecule has 0 unspecified atom stereocenters. The lowest BCUT2D eigenvalue weighted by Crippen LogP contribution is -2.14. The van der Waals surface area contributed by atoms with Gasteiger partial charge in [0.05, 0.1) is 24.2 Å². The number of methoxy groups -OCH3 is 1. The van der Waals surface area contributed by atoms with Crippen LogP contribution < -0.4 is 10.1 Å². The minimum absolute atomic E-state index is 0.116. The molecule has 0 bridgehead atoms. The van der Waals surface area contributed by atoms with E-state index in [1.165, 1.54) is 25.3 Å². The lowest BCUT2D eigenvalue weighted by Gasteiger charge is -2.12. The Morgan fingerprint density at radius 1 is 1.09 bits per heavy atom. The topological polar surface area (TPSA) is 82.5 Å². The van der Waals surface area contributed by atoms with Crippen LogP contribution in [0.3, 0.4) is 0 Å². The van der Waals surface area contributed by atoms with Gasteiger partial charge >= 0.3 is 12.6 Å². The quantitative estimate of drug-likeness (QED) is 0.520. The highest BCUT2D eigenvalue weighted by Gasteiger charge is 2.16. The minimum atomic E-state index is -2.99. The molecule has 0 saturated heterocycles. The molecule has 0 saturated carbocycles. The lowest BCUT2D eigenvalue weighted by atomic mass is 10.1. The summed E-state index contributed by atoms with van der Waals surface area (Å²) < 4.78 is 36.0. The largest absolute Gasteiger partial charge is 0.469 e. The zero-order valence-electron chi connectivity index (χ0n) is 17.9. The number of amides is 1. The zero-order chi connectivity index (χ0) is 23.3. The highest BCUT2D eigenvalue weighted by atomic mass is 19.3. The van der Waals surface area contributed by atoms with Crippen molar-refractivity contribution in [3.05, 3.63) is 71.0 Å². The molecule has 9 heteroatoms. The summed E-state index contributed by atoms with van der Waals surface area (Å²) in [5, 5.41) is 7.13. The molecule has 3 rings (SSSR count). The average molecular weight is 443 g/mol. The third-order valence-corrected chi connectivity index (χ3v) is 4.97. The van der Waals surface area contributed by atoms with Gasteiger partial charge in [0.1, 0.15) is 5.75 Å². The van der Waals surface area contributed by atoms with E-state index in [1.807, 2.05) is 13.8 Å². The highest BCUT2D eigenvalue weighted by Crippen LogP contribution is 2.26. The first kappa shape index (κ1) is 22.9. The van der Waals surface area contributed by atoms with E-state index < -0.39 is 12.5 Å². The second kappa shape index (κ2) is 10.0. The molecular weight excluding hydrogens is 420 g/mol. The maximum Gasteiger partial charge on any atom is 0.387 e. The third kappa shape index (κ3) is 5.29. The summed E-state index contributed by atoms with van der Waals surface area (Å²) in [7, 11) is 1.35. The molecule has 0 spiro atoms. The molecule has 0 fully saturated rings. The van der Waals surface area contributed by atoms with Gasteiger partial charge < -0.3 is 14.8 Å². The predicted octanol–water partition coefficient (Wildman–Crippen LogP) is 4.45. The van der Waals surface area contributed by atoms with Gasteiger partial charge in [0.15, 0.2) is 0 Å². The molecule has 32 heavy (non-hydrogen) atoms. The second-order valence-corrected chi connectivity index (χ2v) is 7.01. The van der Waals surface area contributed by atoms with Gasteiger partial charge in [0.2, 0.25) is 0 Å². The summed E-state index contributed by atoms with van der Waals surface area (Å²) in [4.78, 5) is 24.0. The van der Waals surface area contributed by atoms with Crippen LogP contribution >= 0.6 is 0 Å². The molecule has 0 radical (unpaired) electrons. The fourth-order valence-electron chi connectivity index (χ4n) is 3.33. The number of esters is 1. The Balaban J connectivity index is 1.76. The summed E-state index contributed by atoms with van der Waals surface area (Å²) in [6.07, 6.45) is 0.782. The number of aromatic nitrogens is 2. The molecule has 1 amide bonds. The Hall–Kier alpha value is -3.75. The minimum Gasteiger partial charge on any atom is -0.469 e. The molecular formula is C23H23F2N3O4. The second-order valence-electron chi connectivity index (χ2n) is 7.01. The normalized spacial score (nSPS) is 10.8. The van der Waals surface area contributed by atoms with Crippen LogP contribution in [0.5, 0.6) is 5.75 Å². The number of nitrogens with zero attached hydrogens (tertiary/aromatic N) is 2. The van der Waals surface area contributed by atoms with Gasteiger partial charge in [-0.05, 0) is 62.2 Å². The molecule has 0 atom stereocenters. The van der Waals surface area contributed by atoms with Crippen molar-refractivity contribution in [1.29, 1.82) is 0 Å². The third-order valence-electron chi connectivity index (χ3n) is 4.97. The van der Waals surface area contributed by atoms with Crippen molar-refractivity contribution in [2.45, 2.75) is 33.3 Å². The number of anilines is 1. The van der Waals surface area contributed by atoms with Gasteiger partial charge in [-0.3, -0.25) is 9.59 Å². The monoisotopic (exact) mass is 443 g/mol. The summed E-state index contributed by atoms with van der Waals surface area (Å²) in [6, 6.07) is 12.7. The highest BCUT2D eigenvalue weighted by molar-refractivity contribution is 6.05. The van der Waals surface area contributed by atoms with Crippen molar-refractivity contribution in [3.63, 3.8) is 0 Å². The molecule has 3 aromatic rings. The van der Waals surface area contributed by atoms with Crippen LogP contribution in [-0.2, 0) is 16.0 Å². The van der Waals surface area contributed by atoms with Crippen LogP contribution in [0.2, 0.25) is 0 Å². The van der Waals surface area contributed by atoms with Gasteiger partial charge in [0.25, 0.3) is 5.91 Å². The van der Waals surface area contributed by atoms with Gasteiger partial charge in [-0.1, -0.05) is 12.1 Å². The van der Waals surface area contributed by atoms with Crippen molar-refractivity contribution < 1.29 is 27.8 Å². The van der Waals surface area contributed by atoms with Crippen molar-refractivity contribution in [1.82, 2.24) is 9.78 Å². The Kier molecular flexibility index (Phi) is 7.19. The van der Waals surface area contributed by atoms with Gasteiger partial charge in [0, 0.05) is 17.7 Å². The summed E-state index contributed by atoms with van der Waals surface area (Å²) in [6.45, 7) is 0.787. The molecule has 0 aliphatic carbocycles. The number of benzene rings is 2.